The molecule has 3 rings (SSSR count). The summed E-state index contributed by atoms with van der Waals surface area (Å²) in [5.74, 6) is 0.882. The number of anilines is 1. The topological polar surface area (TPSA) is 46.3 Å². The van der Waals surface area contributed by atoms with E-state index in [-0.39, 0.29) is 5.91 Å². The zero-order valence-corrected chi connectivity index (χ0v) is 9.23. The third-order valence-corrected chi connectivity index (χ3v) is 3.71. The normalized spacial score (nSPS) is 27.4. The van der Waals surface area contributed by atoms with Gasteiger partial charge in [-0.1, -0.05) is 12.1 Å². The van der Waals surface area contributed by atoms with Crippen molar-refractivity contribution in [3.63, 3.8) is 0 Å². The van der Waals surface area contributed by atoms with Gasteiger partial charge in [0.05, 0.1) is 5.56 Å². The maximum atomic E-state index is 12.3. The van der Waals surface area contributed by atoms with Gasteiger partial charge in [0.25, 0.3) is 5.91 Å². The maximum absolute atomic E-state index is 12.3. The van der Waals surface area contributed by atoms with Gasteiger partial charge in [-0.25, -0.2) is 0 Å². The predicted molar refractivity (Wildman–Crippen MR) is 63.0 cm³/mol. The highest BCUT2D eigenvalue weighted by Crippen LogP contribution is 2.43. The molecule has 0 bridgehead atoms. The molecule has 1 saturated carbocycles. The number of piperidine rings is 1. The summed E-state index contributed by atoms with van der Waals surface area (Å²) in [6.45, 7) is 0.897. The van der Waals surface area contributed by atoms with Gasteiger partial charge in [0.15, 0.2) is 0 Å². The molecule has 1 heterocycles. The number of benzene rings is 1. The summed E-state index contributed by atoms with van der Waals surface area (Å²) in [6.07, 6.45) is 3.62. The van der Waals surface area contributed by atoms with Crippen molar-refractivity contribution >= 4 is 11.6 Å². The second kappa shape index (κ2) is 3.51. The van der Waals surface area contributed by atoms with Gasteiger partial charge < -0.3 is 10.6 Å². The largest absolute Gasteiger partial charge is 0.398 e. The SMILES string of the molecule is Nc1ccccc1C(=O)N1CCCC2CC21. The van der Waals surface area contributed by atoms with Crippen LogP contribution in [0.2, 0.25) is 0 Å². The van der Waals surface area contributed by atoms with Gasteiger partial charge in [-0.3, -0.25) is 4.79 Å². The van der Waals surface area contributed by atoms with E-state index in [0.717, 1.165) is 18.9 Å². The molecule has 0 aromatic heterocycles. The first-order valence-electron chi connectivity index (χ1n) is 5.93. The van der Waals surface area contributed by atoms with Gasteiger partial charge >= 0.3 is 0 Å². The Morgan fingerprint density at radius 2 is 2.19 bits per heavy atom. The molecule has 0 spiro atoms. The van der Waals surface area contributed by atoms with Crippen LogP contribution in [0.4, 0.5) is 5.69 Å². The number of para-hydroxylation sites is 1. The fourth-order valence-electron chi connectivity index (χ4n) is 2.71. The summed E-state index contributed by atoms with van der Waals surface area (Å²) in [4.78, 5) is 14.3. The molecule has 16 heavy (non-hydrogen) atoms. The Bertz CT molecular complexity index is 430. The number of likely N-dealkylation sites (tertiary alicyclic amines) is 1. The molecule has 1 aliphatic carbocycles. The lowest BCUT2D eigenvalue weighted by atomic mass is 10.1. The number of amides is 1. The van der Waals surface area contributed by atoms with Crippen LogP contribution in [0.1, 0.15) is 29.6 Å². The van der Waals surface area contributed by atoms with Crippen LogP contribution >= 0.6 is 0 Å². The third kappa shape index (κ3) is 1.47. The lowest BCUT2D eigenvalue weighted by molar-refractivity contribution is 0.0707. The summed E-state index contributed by atoms with van der Waals surface area (Å²) in [6, 6.07) is 7.85. The van der Waals surface area contributed by atoms with Crippen molar-refractivity contribution in [1.29, 1.82) is 0 Å². The van der Waals surface area contributed by atoms with Crippen molar-refractivity contribution in [1.82, 2.24) is 4.90 Å². The quantitative estimate of drug-likeness (QED) is 0.729. The number of carbonyl (C=O) groups is 1. The average Bonchev–Trinajstić information content (AvgIpc) is 3.07. The number of hydrogen-bond acceptors (Lipinski definition) is 2. The minimum atomic E-state index is 0.116. The third-order valence-electron chi connectivity index (χ3n) is 3.71. The van der Waals surface area contributed by atoms with Crippen LogP contribution in [-0.4, -0.2) is 23.4 Å². The second-order valence-electron chi connectivity index (χ2n) is 4.79. The van der Waals surface area contributed by atoms with Crippen LogP contribution in [0.3, 0.4) is 0 Å². The fourth-order valence-corrected chi connectivity index (χ4v) is 2.71. The Labute approximate surface area is 95.2 Å². The summed E-state index contributed by atoms with van der Waals surface area (Å²) in [7, 11) is 0. The number of nitrogens with two attached hydrogens (primary N) is 1. The lowest BCUT2D eigenvalue weighted by Gasteiger charge is -2.27. The Kier molecular flexibility index (Phi) is 2.13. The molecule has 1 amide bonds. The highest BCUT2D eigenvalue weighted by molar-refractivity contribution is 5.99. The van der Waals surface area contributed by atoms with Crippen molar-refractivity contribution in [2.24, 2.45) is 5.92 Å². The van der Waals surface area contributed by atoms with Gasteiger partial charge in [0, 0.05) is 18.3 Å². The van der Waals surface area contributed by atoms with Gasteiger partial charge in [-0.15, -0.1) is 0 Å². The molecule has 84 valence electrons. The number of hydrogen-bond donors (Lipinski definition) is 1. The van der Waals surface area contributed by atoms with Crippen molar-refractivity contribution in [2.75, 3.05) is 12.3 Å². The van der Waals surface area contributed by atoms with E-state index in [4.69, 9.17) is 5.73 Å². The average molecular weight is 216 g/mol. The molecule has 1 saturated heterocycles. The summed E-state index contributed by atoms with van der Waals surface area (Å²) >= 11 is 0. The van der Waals surface area contributed by atoms with Gasteiger partial charge in [0.1, 0.15) is 0 Å². The molecule has 3 nitrogen and oxygen atoms in total. The first kappa shape index (κ1) is 9.70. The Morgan fingerprint density at radius 1 is 1.38 bits per heavy atom. The minimum absolute atomic E-state index is 0.116. The van der Waals surface area contributed by atoms with Crippen LogP contribution < -0.4 is 5.73 Å². The van der Waals surface area contributed by atoms with Crippen molar-refractivity contribution in [2.45, 2.75) is 25.3 Å². The van der Waals surface area contributed by atoms with Crippen LogP contribution in [0.5, 0.6) is 0 Å². The molecule has 0 radical (unpaired) electrons. The van der Waals surface area contributed by atoms with Crippen LogP contribution in [0.25, 0.3) is 0 Å². The van der Waals surface area contributed by atoms with E-state index in [0.29, 0.717) is 17.3 Å². The van der Waals surface area contributed by atoms with E-state index < -0.39 is 0 Å². The summed E-state index contributed by atoms with van der Waals surface area (Å²) in [5, 5.41) is 0. The van der Waals surface area contributed by atoms with Crippen molar-refractivity contribution in [3.05, 3.63) is 29.8 Å². The monoisotopic (exact) mass is 216 g/mol. The molecule has 2 atom stereocenters. The fraction of sp³-hybridized carbons (Fsp3) is 0.462. The smallest absolute Gasteiger partial charge is 0.256 e. The van der Waals surface area contributed by atoms with E-state index in [2.05, 4.69) is 0 Å². The summed E-state index contributed by atoms with van der Waals surface area (Å²) < 4.78 is 0. The lowest BCUT2D eigenvalue weighted by Crippen LogP contribution is -2.37. The maximum Gasteiger partial charge on any atom is 0.256 e. The van der Waals surface area contributed by atoms with E-state index >= 15 is 0 Å². The number of nitrogens with zero attached hydrogens (tertiary/aromatic N) is 1. The molecule has 1 aliphatic heterocycles. The molecule has 2 aliphatic rings. The summed E-state index contributed by atoms with van der Waals surface area (Å²) in [5.41, 5.74) is 7.09. The van der Waals surface area contributed by atoms with Crippen LogP contribution in [0, 0.1) is 5.92 Å². The van der Waals surface area contributed by atoms with Gasteiger partial charge in [0.2, 0.25) is 0 Å². The highest BCUT2D eigenvalue weighted by Gasteiger charge is 2.46. The Morgan fingerprint density at radius 3 is 3.00 bits per heavy atom. The predicted octanol–water partition coefficient (Wildman–Crippen LogP) is 1.89. The molecule has 2 fully saturated rings. The van der Waals surface area contributed by atoms with Crippen molar-refractivity contribution in [3.8, 4) is 0 Å². The number of rotatable bonds is 1. The first-order valence-corrected chi connectivity index (χ1v) is 5.93. The molecule has 2 N–H and O–H groups in total. The molecular formula is C13H16N2O. The highest BCUT2D eigenvalue weighted by atomic mass is 16.2. The zero-order valence-electron chi connectivity index (χ0n) is 9.23. The zero-order chi connectivity index (χ0) is 11.1. The number of fused-ring (bicyclic) bond motifs is 1. The van der Waals surface area contributed by atoms with Crippen LogP contribution in [-0.2, 0) is 0 Å². The van der Waals surface area contributed by atoms with Crippen molar-refractivity contribution < 1.29 is 4.79 Å². The Balaban J connectivity index is 1.85. The molecule has 3 heteroatoms. The second-order valence-corrected chi connectivity index (χ2v) is 4.79. The standard InChI is InChI=1S/C13H16N2O/c14-11-6-2-1-5-10(11)13(16)15-7-3-4-9-8-12(9)15/h1-2,5-6,9,12H,3-4,7-8,14H2. The van der Waals surface area contributed by atoms with Gasteiger partial charge in [-0.05, 0) is 37.3 Å². The number of carbonyl (C=O) groups excluding carboxylic acids is 1. The van der Waals surface area contributed by atoms with Crippen LogP contribution in [0.15, 0.2) is 24.3 Å². The Hall–Kier alpha value is -1.51. The minimum Gasteiger partial charge on any atom is -0.398 e. The molecule has 1 aromatic carbocycles. The van der Waals surface area contributed by atoms with E-state index in [1.165, 1.54) is 12.8 Å². The van der Waals surface area contributed by atoms with E-state index in [1.54, 1.807) is 6.07 Å². The first-order chi connectivity index (χ1) is 7.77. The van der Waals surface area contributed by atoms with Gasteiger partial charge in [-0.2, -0.15) is 0 Å². The van der Waals surface area contributed by atoms with E-state index in [9.17, 15) is 4.79 Å². The number of nitrogen functional groups attached to an aromatic ring is 1. The molecule has 1 aromatic rings. The molecule has 2 unspecified atom stereocenters. The van der Waals surface area contributed by atoms with E-state index in [1.807, 2.05) is 23.1 Å². The molecular weight excluding hydrogens is 200 g/mol.